The lowest BCUT2D eigenvalue weighted by Crippen LogP contribution is -2.30. The molecule has 2 N–H and O–H groups in total. The van der Waals surface area contributed by atoms with Gasteiger partial charge in [-0.1, -0.05) is 24.4 Å². The van der Waals surface area contributed by atoms with E-state index >= 15 is 0 Å². The summed E-state index contributed by atoms with van der Waals surface area (Å²) in [5.74, 6) is 0.260. The van der Waals surface area contributed by atoms with Crippen molar-refractivity contribution in [3.05, 3.63) is 28.8 Å². The molecule has 1 aliphatic heterocycles. The van der Waals surface area contributed by atoms with E-state index in [9.17, 15) is 5.11 Å². The van der Waals surface area contributed by atoms with Gasteiger partial charge in [0.15, 0.2) is 0 Å². The van der Waals surface area contributed by atoms with Gasteiger partial charge in [0.25, 0.3) is 0 Å². The Kier molecular flexibility index (Phi) is 4.08. The van der Waals surface area contributed by atoms with Crippen LogP contribution in [0.4, 0.5) is 0 Å². The molecular formula is C13H18ClNO. The van der Waals surface area contributed by atoms with Crippen LogP contribution in [0.3, 0.4) is 0 Å². The maximum absolute atomic E-state index is 9.47. The molecule has 2 nitrogen and oxygen atoms in total. The second-order valence-electron chi connectivity index (χ2n) is 4.52. The molecule has 0 radical (unpaired) electrons. The summed E-state index contributed by atoms with van der Waals surface area (Å²) >= 11 is 5.92. The Labute approximate surface area is 102 Å². The van der Waals surface area contributed by atoms with Gasteiger partial charge in [-0.05, 0) is 49.6 Å². The quantitative estimate of drug-likeness (QED) is 0.831. The van der Waals surface area contributed by atoms with Gasteiger partial charge in [-0.2, -0.15) is 0 Å². The number of hydrogen-bond donors (Lipinski definition) is 2. The molecule has 1 saturated heterocycles. The van der Waals surface area contributed by atoms with Gasteiger partial charge < -0.3 is 10.4 Å². The topological polar surface area (TPSA) is 32.3 Å². The third-order valence-electron chi connectivity index (χ3n) is 3.09. The van der Waals surface area contributed by atoms with Crippen molar-refractivity contribution in [1.82, 2.24) is 5.32 Å². The molecule has 0 spiro atoms. The molecule has 1 heterocycles. The van der Waals surface area contributed by atoms with Crippen molar-refractivity contribution in [1.29, 1.82) is 0 Å². The zero-order chi connectivity index (χ0) is 11.4. The second-order valence-corrected chi connectivity index (χ2v) is 4.96. The molecule has 1 atom stereocenters. The summed E-state index contributed by atoms with van der Waals surface area (Å²) in [6, 6.07) is 5.85. The van der Waals surface area contributed by atoms with E-state index in [0.717, 1.165) is 18.5 Å². The minimum atomic E-state index is 0.260. The van der Waals surface area contributed by atoms with Gasteiger partial charge in [-0.15, -0.1) is 0 Å². The average Bonchev–Trinajstić information content (AvgIpc) is 2.44. The first kappa shape index (κ1) is 11.7. The predicted octanol–water partition coefficient (Wildman–Crippen LogP) is 3.12. The lowest BCUT2D eigenvalue weighted by atomic mass is 10.0. The summed E-state index contributed by atoms with van der Waals surface area (Å²) in [5.41, 5.74) is 1.12. The van der Waals surface area contributed by atoms with Crippen molar-refractivity contribution in [3.8, 4) is 5.75 Å². The van der Waals surface area contributed by atoms with Crippen molar-refractivity contribution in [2.75, 3.05) is 6.54 Å². The summed E-state index contributed by atoms with van der Waals surface area (Å²) in [6.45, 7) is 1.11. The first-order chi connectivity index (χ1) is 7.74. The first-order valence-electron chi connectivity index (χ1n) is 5.96. The maximum atomic E-state index is 9.47. The Morgan fingerprint density at radius 1 is 1.25 bits per heavy atom. The summed E-state index contributed by atoms with van der Waals surface area (Å²) in [7, 11) is 0. The fourth-order valence-electron chi connectivity index (χ4n) is 2.31. The van der Waals surface area contributed by atoms with E-state index < -0.39 is 0 Å². The highest BCUT2D eigenvalue weighted by Gasteiger charge is 2.12. The molecule has 3 heteroatoms. The third kappa shape index (κ3) is 3.39. The van der Waals surface area contributed by atoms with Crippen LogP contribution >= 0.6 is 11.6 Å². The minimum absolute atomic E-state index is 0.260. The summed E-state index contributed by atoms with van der Waals surface area (Å²) in [6.07, 6.45) is 6.06. The van der Waals surface area contributed by atoms with Crippen molar-refractivity contribution in [3.63, 3.8) is 0 Å². The lowest BCUT2D eigenvalue weighted by Gasteiger charge is -2.15. The SMILES string of the molecule is Oc1cc(Cl)cc(CC2CCCCCN2)c1. The summed E-state index contributed by atoms with van der Waals surface area (Å²) < 4.78 is 0. The van der Waals surface area contributed by atoms with Gasteiger partial charge in [-0.25, -0.2) is 0 Å². The highest BCUT2D eigenvalue weighted by atomic mass is 35.5. The van der Waals surface area contributed by atoms with Gasteiger partial charge in [0.1, 0.15) is 5.75 Å². The standard InChI is InChI=1S/C13H18ClNO/c14-11-6-10(8-13(16)9-11)7-12-4-2-1-3-5-15-12/h6,8-9,12,15-16H,1-5,7H2. The predicted molar refractivity (Wildman–Crippen MR) is 67.1 cm³/mol. The van der Waals surface area contributed by atoms with Crippen LogP contribution in [-0.2, 0) is 6.42 Å². The fourth-order valence-corrected chi connectivity index (χ4v) is 2.56. The van der Waals surface area contributed by atoms with Crippen molar-refractivity contribution < 1.29 is 5.11 Å². The van der Waals surface area contributed by atoms with Crippen LogP contribution in [0, 0.1) is 0 Å². The van der Waals surface area contributed by atoms with Crippen LogP contribution < -0.4 is 5.32 Å². The molecule has 0 aromatic heterocycles. The molecule has 0 bridgehead atoms. The molecule has 16 heavy (non-hydrogen) atoms. The summed E-state index contributed by atoms with van der Waals surface area (Å²) in [5, 5.41) is 13.6. The Morgan fingerprint density at radius 3 is 2.94 bits per heavy atom. The Morgan fingerprint density at radius 2 is 2.12 bits per heavy atom. The number of nitrogens with one attached hydrogen (secondary N) is 1. The smallest absolute Gasteiger partial charge is 0.117 e. The molecule has 0 saturated carbocycles. The molecule has 88 valence electrons. The van der Waals surface area contributed by atoms with E-state index in [4.69, 9.17) is 11.6 Å². The van der Waals surface area contributed by atoms with E-state index in [1.165, 1.54) is 25.7 Å². The zero-order valence-electron chi connectivity index (χ0n) is 9.38. The van der Waals surface area contributed by atoms with Crippen molar-refractivity contribution >= 4 is 11.6 Å². The first-order valence-corrected chi connectivity index (χ1v) is 6.33. The highest BCUT2D eigenvalue weighted by Crippen LogP contribution is 2.22. The van der Waals surface area contributed by atoms with Gasteiger partial charge in [0, 0.05) is 11.1 Å². The average molecular weight is 240 g/mol. The second kappa shape index (κ2) is 5.55. The van der Waals surface area contributed by atoms with E-state index in [1.807, 2.05) is 6.07 Å². The molecule has 1 aromatic carbocycles. The van der Waals surface area contributed by atoms with Crippen LogP contribution in [0.5, 0.6) is 5.75 Å². The molecule has 0 amide bonds. The third-order valence-corrected chi connectivity index (χ3v) is 3.31. The number of rotatable bonds is 2. The maximum Gasteiger partial charge on any atom is 0.117 e. The Bertz CT molecular complexity index is 326. The molecular weight excluding hydrogens is 222 g/mol. The lowest BCUT2D eigenvalue weighted by molar-refractivity contribution is 0.471. The van der Waals surface area contributed by atoms with Gasteiger partial charge in [0.05, 0.1) is 0 Å². The molecule has 1 unspecified atom stereocenters. The zero-order valence-corrected chi connectivity index (χ0v) is 10.1. The molecule has 1 aromatic rings. The minimum Gasteiger partial charge on any atom is -0.508 e. The van der Waals surface area contributed by atoms with Gasteiger partial charge in [-0.3, -0.25) is 0 Å². The van der Waals surface area contributed by atoms with Crippen molar-refractivity contribution in [2.24, 2.45) is 0 Å². The Balaban J connectivity index is 2.01. The van der Waals surface area contributed by atoms with Crippen LogP contribution in [0.15, 0.2) is 18.2 Å². The number of hydrogen-bond acceptors (Lipinski definition) is 2. The van der Waals surface area contributed by atoms with Crippen LogP contribution in [0.2, 0.25) is 5.02 Å². The molecule has 1 fully saturated rings. The normalized spacial score (nSPS) is 21.7. The van der Waals surface area contributed by atoms with E-state index in [-0.39, 0.29) is 5.75 Å². The monoisotopic (exact) mass is 239 g/mol. The number of phenolic OH excluding ortho intramolecular Hbond substituents is 1. The summed E-state index contributed by atoms with van der Waals surface area (Å²) in [4.78, 5) is 0. The van der Waals surface area contributed by atoms with Crippen molar-refractivity contribution in [2.45, 2.75) is 38.1 Å². The van der Waals surface area contributed by atoms with E-state index in [0.29, 0.717) is 11.1 Å². The van der Waals surface area contributed by atoms with E-state index in [2.05, 4.69) is 5.32 Å². The molecule has 1 aliphatic rings. The van der Waals surface area contributed by atoms with Gasteiger partial charge >= 0.3 is 0 Å². The van der Waals surface area contributed by atoms with Crippen LogP contribution in [-0.4, -0.2) is 17.7 Å². The number of benzene rings is 1. The Hall–Kier alpha value is -0.730. The largest absolute Gasteiger partial charge is 0.508 e. The van der Waals surface area contributed by atoms with Crippen LogP contribution in [0.1, 0.15) is 31.2 Å². The molecule has 2 rings (SSSR count). The number of aromatic hydroxyl groups is 1. The molecule has 0 aliphatic carbocycles. The van der Waals surface area contributed by atoms with Gasteiger partial charge in [0.2, 0.25) is 0 Å². The van der Waals surface area contributed by atoms with Crippen LogP contribution in [0.25, 0.3) is 0 Å². The fraction of sp³-hybridized carbons (Fsp3) is 0.538. The van der Waals surface area contributed by atoms with E-state index in [1.54, 1.807) is 12.1 Å². The highest BCUT2D eigenvalue weighted by molar-refractivity contribution is 6.30. The number of phenols is 1. The number of halogens is 1.